The molecule has 27 heteroatoms. The van der Waals surface area contributed by atoms with E-state index in [1.165, 1.54) is 45.0 Å². The number of fused-ring (bicyclic) bond motifs is 6. The summed E-state index contributed by atoms with van der Waals surface area (Å²) < 4.78 is 42.5. The Labute approximate surface area is 505 Å². The van der Waals surface area contributed by atoms with Crippen LogP contribution in [0.25, 0.3) is 10.9 Å². The van der Waals surface area contributed by atoms with Crippen molar-refractivity contribution in [3.05, 3.63) is 82.5 Å². The van der Waals surface area contributed by atoms with E-state index in [-0.39, 0.29) is 76.3 Å². The lowest BCUT2D eigenvalue weighted by Crippen LogP contribution is -2.63. The monoisotopic (exact) mass is 1230 g/mol. The highest BCUT2D eigenvalue weighted by atomic mass is 35.5. The van der Waals surface area contributed by atoms with Crippen LogP contribution in [0.15, 0.2) is 66.3 Å². The number of aliphatic hydroxyl groups is 3. The number of aryl methyl sites for hydroxylation is 1. The number of epoxide rings is 1. The van der Waals surface area contributed by atoms with Crippen LogP contribution in [0.2, 0.25) is 5.02 Å². The molecule has 26 nitrogen and oxygen atoms in total. The number of hydrogen-bond acceptors (Lipinski definition) is 19. The molecule has 86 heavy (non-hydrogen) atoms. The molecule has 2 aromatic carbocycles. The van der Waals surface area contributed by atoms with Gasteiger partial charge < -0.3 is 78.8 Å². The number of carbonyl (C=O) groups excluding carboxylic acids is 7. The SMILES string of the molecule is CNN(C)Cc1cc2ccccc2n1CCC(=O)NCCNC(=O)[C@H](O)[C@H](O)C(=O)NCCOCCOCCC(=O)N(C)[C@@H](C)C(=O)O[C@H]1CC(=O)N(C)c2cc(cc(OC)c2Cl)C/C(C)=C/C=C/[C@@H](OC)[C@@]2(O)C[C@H](OC(=O)N2)[C@@H](C)[C@@H]2O[C@]12C. The van der Waals surface area contributed by atoms with Crippen molar-refractivity contribution >= 4 is 69.8 Å². The maximum Gasteiger partial charge on any atom is 0.409 e. The third-order valence-corrected chi connectivity index (χ3v) is 16.1. The van der Waals surface area contributed by atoms with Gasteiger partial charge in [-0.3, -0.25) is 34.7 Å². The number of nitrogens with one attached hydrogen (secondary N) is 5. The van der Waals surface area contributed by atoms with E-state index in [0.717, 1.165) is 27.7 Å². The predicted octanol–water partition coefficient (Wildman–Crippen LogP) is 1.62. The van der Waals surface area contributed by atoms with Crippen LogP contribution in [0.4, 0.5) is 10.5 Å². The van der Waals surface area contributed by atoms with Gasteiger partial charge in [0.15, 0.2) is 17.9 Å². The number of hydrogen-bond donors (Lipinski definition) is 8. The molecular formula is C59H84ClN9O17. The summed E-state index contributed by atoms with van der Waals surface area (Å²) in [6, 6.07) is 12.3. The number of benzene rings is 2. The molecule has 0 unspecified atom stereocenters. The van der Waals surface area contributed by atoms with Crippen LogP contribution < -0.4 is 36.3 Å². The Morgan fingerprint density at radius 3 is 2.30 bits per heavy atom. The molecular weight excluding hydrogens is 1140 g/mol. The number of para-hydroxylation sites is 1. The number of methoxy groups -OCH3 is 2. The minimum Gasteiger partial charge on any atom is -0.495 e. The number of rotatable bonds is 26. The molecule has 0 saturated carbocycles. The number of aromatic nitrogens is 1. The Balaban J connectivity index is 0.927. The summed E-state index contributed by atoms with van der Waals surface area (Å²) in [5, 5.41) is 45.7. The van der Waals surface area contributed by atoms with E-state index < -0.39 is 102 Å². The summed E-state index contributed by atoms with van der Waals surface area (Å²) in [5.74, 6) is -4.37. The van der Waals surface area contributed by atoms with Gasteiger partial charge in [-0.15, -0.1) is 0 Å². The van der Waals surface area contributed by atoms with Gasteiger partial charge in [0.05, 0.1) is 64.7 Å². The highest BCUT2D eigenvalue weighted by Gasteiger charge is 2.64. The number of allylic oxidation sites excluding steroid dienone is 3. The molecule has 2 fully saturated rings. The molecule has 2 saturated heterocycles. The zero-order chi connectivity index (χ0) is 63.0. The number of likely N-dealkylation sites (N-methyl/N-ethyl adjacent to an activating group) is 1. The first-order valence-electron chi connectivity index (χ1n) is 28.5. The molecule has 0 aliphatic carbocycles. The molecule has 4 heterocycles. The van der Waals surface area contributed by atoms with Gasteiger partial charge >= 0.3 is 12.1 Å². The van der Waals surface area contributed by atoms with Gasteiger partial charge in [0.2, 0.25) is 17.7 Å². The molecule has 10 atom stereocenters. The van der Waals surface area contributed by atoms with Crippen LogP contribution in [0.1, 0.15) is 64.6 Å². The molecule has 3 aromatic rings. The lowest BCUT2D eigenvalue weighted by molar-refractivity contribution is -0.162. The maximum absolute atomic E-state index is 14.3. The molecule has 0 spiro atoms. The normalized spacial score (nSPS) is 24.4. The lowest BCUT2D eigenvalue weighted by atomic mass is 9.83. The van der Waals surface area contributed by atoms with E-state index in [9.17, 15) is 48.9 Å². The van der Waals surface area contributed by atoms with Crippen molar-refractivity contribution in [1.29, 1.82) is 0 Å². The van der Waals surface area contributed by atoms with Gasteiger partial charge in [-0.25, -0.2) is 14.6 Å². The second kappa shape index (κ2) is 31.3. The number of hydrazine groups is 1. The minimum absolute atomic E-state index is 0.0265. The number of alkyl carbamates (subject to hydrolysis) is 1. The van der Waals surface area contributed by atoms with Crippen molar-refractivity contribution in [3.63, 3.8) is 0 Å². The third kappa shape index (κ3) is 17.7. The first kappa shape index (κ1) is 68.4. The minimum atomic E-state index is -2.09. The number of carbonyl (C=O) groups is 7. The molecule has 474 valence electrons. The average molecular weight is 1230 g/mol. The predicted molar refractivity (Wildman–Crippen MR) is 315 cm³/mol. The number of aliphatic hydroxyl groups excluding tert-OH is 2. The van der Waals surface area contributed by atoms with Gasteiger partial charge in [0.25, 0.3) is 11.8 Å². The summed E-state index contributed by atoms with van der Waals surface area (Å²) >= 11 is 6.81. The summed E-state index contributed by atoms with van der Waals surface area (Å²) in [7, 11) is 9.56. The van der Waals surface area contributed by atoms with Crippen LogP contribution in [0, 0.1) is 5.92 Å². The molecule has 6 rings (SSSR count). The Kier molecular flexibility index (Phi) is 24.9. The summed E-state index contributed by atoms with van der Waals surface area (Å²) in [5.41, 5.74) is 3.87. The quantitative estimate of drug-likeness (QED) is 0.0245. The van der Waals surface area contributed by atoms with Gasteiger partial charge in [-0.2, -0.15) is 0 Å². The molecule has 6 amide bonds. The highest BCUT2D eigenvalue weighted by Crippen LogP contribution is 2.49. The van der Waals surface area contributed by atoms with Crippen molar-refractivity contribution in [1.82, 2.24) is 41.2 Å². The van der Waals surface area contributed by atoms with E-state index in [4.69, 9.17) is 44.8 Å². The zero-order valence-electron chi connectivity index (χ0n) is 50.5. The zero-order valence-corrected chi connectivity index (χ0v) is 51.3. The van der Waals surface area contributed by atoms with Crippen molar-refractivity contribution < 1.29 is 82.0 Å². The third-order valence-electron chi connectivity index (χ3n) is 15.7. The second-order valence-corrected chi connectivity index (χ2v) is 22.3. The van der Waals surface area contributed by atoms with E-state index >= 15 is 0 Å². The Morgan fingerprint density at radius 1 is 0.942 bits per heavy atom. The molecule has 1 aromatic heterocycles. The van der Waals surface area contributed by atoms with Crippen molar-refractivity contribution in [3.8, 4) is 5.75 Å². The van der Waals surface area contributed by atoms with Crippen molar-refractivity contribution in [2.24, 2.45) is 5.92 Å². The van der Waals surface area contributed by atoms with Crippen LogP contribution >= 0.6 is 11.6 Å². The Bertz CT molecular complexity index is 2940. The van der Waals surface area contributed by atoms with Crippen molar-refractivity contribution in [2.75, 3.05) is 93.4 Å². The molecule has 3 aliphatic rings. The van der Waals surface area contributed by atoms with E-state index in [1.807, 2.05) is 56.4 Å². The second-order valence-electron chi connectivity index (χ2n) is 21.9. The molecule has 0 radical (unpaired) electrons. The van der Waals surface area contributed by atoms with Crippen LogP contribution in [-0.2, 0) is 76.7 Å². The molecule has 4 bridgehead atoms. The van der Waals surface area contributed by atoms with Gasteiger partial charge in [0.1, 0.15) is 40.7 Å². The summed E-state index contributed by atoms with van der Waals surface area (Å²) in [4.78, 5) is 95.0. The van der Waals surface area contributed by atoms with Crippen LogP contribution in [-0.4, -0.2) is 214 Å². The number of nitrogens with zero attached hydrogens (tertiary/aromatic N) is 4. The molecule has 3 aliphatic heterocycles. The van der Waals surface area contributed by atoms with Crippen molar-refractivity contribution in [2.45, 2.75) is 127 Å². The number of ether oxygens (including phenoxy) is 7. The Morgan fingerprint density at radius 2 is 1.62 bits per heavy atom. The fourth-order valence-electron chi connectivity index (χ4n) is 10.3. The maximum atomic E-state index is 14.3. The van der Waals surface area contributed by atoms with Crippen LogP contribution in [0.5, 0.6) is 5.75 Å². The number of esters is 1. The topological polar surface area (TPSA) is 323 Å². The van der Waals surface area contributed by atoms with Gasteiger partial charge in [-0.1, -0.05) is 60.5 Å². The first-order chi connectivity index (χ1) is 40.8. The summed E-state index contributed by atoms with van der Waals surface area (Å²) in [6.45, 7) is 7.75. The first-order valence-corrected chi connectivity index (χ1v) is 28.9. The average Bonchev–Trinajstić information content (AvgIpc) is 1.61. The number of amides is 6. The van der Waals surface area contributed by atoms with Crippen LogP contribution in [0.3, 0.4) is 0 Å². The van der Waals surface area contributed by atoms with E-state index in [2.05, 4.69) is 37.3 Å². The van der Waals surface area contributed by atoms with Gasteiger partial charge in [0, 0.05) is 84.4 Å². The largest absolute Gasteiger partial charge is 0.495 e. The fraction of sp³-hybridized carbons (Fsp3) is 0.576. The van der Waals surface area contributed by atoms with E-state index in [1.54, 1.807) is 38.1 Å². The van der Waals surface area contributed by atoms with Gasteiger partial charge in [-0.05, 0) is 69.5 Å². The summed E-state index contributed by atoms with van der Waals surface area (Å²) in [6.07, 6.45) is -3.85. The number of anilines is 1. The molecule has 8 N–H and O–H groups in total. The lowest BCUT2D eigenvalue weighted by Gasteiger charge is -2.42. The Hall–Kier alpha value is -6.72. The van der Waals surface area contributed by atoms with E-state index in [0.29, 0.717) is 30.9 Å². The smallest absolute Gasteiger partial charge is 0.409 e. The number of halogens is 1. The standard InChI is InChI=1S/C59H84ClN9O17/c1-35-14-13-17-45(81-10)59(79)33-44(84-57(78)65-59)36(2)53-58(4,86-53)46(32-49(72)68(8)42-29-38(28-35)30-43(80-9)50(42)60)85-56(77)37(3)67(7)48(71)19-24-82-26-27-83-25-22-64-55(76)52(74)51(73)54(75)63-21-20-62-47(70)18-23-69-40(34-66(6)61-5)31-39-15-11-12-16-41(39)69/h11-17,29-31,36-37,44-46,51-53,61,73-74,79H,18-28,32-34H2,1-10H3,(H,62,70)(H,63,75)(H,64,76)(H,65,78)/b17-13+,35-14+/t36-,37+,44+,45-,46+,51-,52+,53+,58-,59+/m1/s1. The highest BCUT2D eigenvalue weighted by molar-refractivity contribution is 6.35. The fourth-order valence-corrected chi connectivity index (χ4v) is 10.6.